The normalized spacial score (nSPS) is 18.9. The Morgan fingerprint density at radius 2 is 1.75 bits per heavy atom. The van der Waals surface area contributed by atoms with Crippen molar-refractivity contribution in [1.29, 1.82) is 0 Å². The van der Waals surface area contributed by atoms with Gasteiger partial charge in [0, 0.05) is 6.61 Å². The van der Waals surface area contributed by atoms with Gasteiger partial charge in [0.25, 0.3) is 0 Å². The quantitative estimate of drug-likeness (QED) is 0.352. The molecule has 1 fully saturated rings. The van der Waals surface area contributed by atoms with Gasteiger partial charge in [-0.3, -0.25) is 0 Å². The molecule has 8 heteroatoms. The van der Waals surface area contributed by atoms with Crippen molar-refractivity contribution in [3.05, 3.63) is 0 Å². The van der Waals surface area contributed by atoms with E-state index in [1.165, 1.54) is 18.9 Å². The zero-order valence-corrected chi connectivity index (χ0v) is 8.45. The van der Waals surface area contributed by atoms with Crippen LogP contribution < -0.4 is 0 Å². The minimum absolute atomic E-state index is 0. The zero-order valence-electron chi connectivity index (χ0n) is 6.14. The second kappa shape index (κ2) is 8.87. The predicted octanol–water partition coefficient (Wildman–Crippen LogP) is -1.28. The van der Waals surface area contributed by atoms with E-state index < -0.39 is 7.82 Å². The summed E-state index contributed by atoms with van der Waals surface area (Å²) in [7, 11) is -4.63. The van der Waals surface area contributed by atoms with Crippen LogP contribution in [0.4, 0.5) is 0 Å². The first kappa shape index (κ1) is 15.7. The van der Waals surface area contributed by atoms with Crippen LogP contribution in [0.5, 0.6) is 0 Å². The van der Waals surface area contributed by atoms with Crippen molar-refractivity contribution in [3.8, 4) is 0 Å². The monoisotopic (exact) mass is 224 g/mol. The molecule has 0 aromatic heterocycles. The standard InChI is InChI=1S/C4H10OSi.Na.H3O4P.H/c1-2-4-6-5-3-1;;1-5(2,3)4;/h1-4,6H2;;(H3,1,2,3,4);. The van der Waals surface area contributed by atoms with Crippen molar-refractivity contribution in [2.75, 3.05) is 6.61 Å². The van der Waals surface area contributed by atoms with E-state index >= 15 is 0 Å². The summed E-state index contributed by atoms with van der Waals surface area (Å²) in [6, 6.07) is 1.42. The second-order valence-electron chi connectivity index (χ2n) is 2.19. The van der Waals surface area contributed by atoms with E-state index in [2.05, 4.69) is 0 Å². The molecule has 3 N–H and O–H groups in total. The van der Waals surface area contributed by atoms with Gasteiger partial charge in [-0.2, -0.15) is 0 Å². The molecule has 0 aliphatic carbocycles. The fourth-order valence-corrected chi connectivity index (χ4v) is 1.86. The Hall–Kier alpha value is 1.29. The molecule has 1 heterocycles. The molecule has 0 aromatic carbocycles. The predicted molar refractivity (Wildman–Crippen MR) is 49.9 cm³/mol. The van der Waals surface area contributed by atoms with E-state index in [4.69, 9.17) is 23.7 Å². The molecule has 0 unspecified atom stereocenters. The van der Waals surface area contributed by atoms with Crippen LogP contribution >= 0.6 is 7.82 Å². The second-order valence-corrected chi connectivity index (χ2v) is 4.74. The van der Waals surface area contributed by atoms with Crippen LogP contribution in [0.2, 0.25) is 6.04 Å². The van der Waals surface area contributed by atoms with Crippen LogP contribution in [0.25, 0.3) is 0 Å². The third-order valence-electron chi connectivity index (χ3n) is 1.08. The van der Waals surface area contributed by atoms with Gasteiger partial charge >= 0.3 is 37.4 Å². The molecule has 0 saturated carbocycles. The van der Waals surface area contributed by atoms with Crippen molar-refractivity contribution in [3.63, 3.8) is 0 Å². The van der Waals surface area contributed by atoms with Gasteiger partial charge in [-0.05, 0) is 12.5 Å². The summed E-state index contributed by atoms with van der Waals surface area (Å²) in [5.41, 5.74) is 0. The van der Waals surface area contributed by atoms with Crippen LogP contribution in [0.1, 0.15) is 12.8 Å². The molecule has 0 atom stereocenters. The first-order chi connectivity index (χ1) is 5.00. The topological polar surface area (TPSA) is 87.0 Å². The average molecular weight is 224 g/mol. The van der Waals surface area contributed by atoms with Crippen molar-refractivity contribution in [2.45, 2.75) is 18.9 Å². The van der Waals surface area contributed by atoms with Gasteiger partial charge < -0.3 is 19.1 Å². The van der Waals surface area contributed by atoms with Crippen LogP contribution in [0.15, 0.2) is 0 Å². The van der Waals surface area contributed by atoms with Gasteiger partial charge in [0.15, 0.2) is 9.76 Å². The van der Waals surface area contributed by atoms with Gasteiger partial charge in [-0.1, -0.05) is 6.42 Å². The molecule has 0 aromatic rings. The summed E-state index contributed by atoms with van der Waals surface area (Å²) in [6.07, 6.45) is 2.75. The molecule has 0 bridgehead atoms. The molecule has 5 nitrogen and oxygen atoms in total. The molecule has 0 amide bonds. The fraction of sp³-hybridized carbons (Fsp3) is 1.00. The van der Waals surface area contributed by atoms with Crippen LogP contribution in [-0.4, -0.2) is 60.6 Å². The molecular formula is C4H14NaO5PSi. The molecule has 12 heavy (non-hydrogen) atoms. The number of rotatable bonds is 0. The van der Waals surface area contributed by atoms with Crippen LogP contribution in [0, 0.1) is 0 Å². The molecule has 0 spiro atoms. The van der Waals surface area contributed by atoms with E-state index in [1.54, 1.807) is 0 Å². The molecule has 1 aliphatic rings. The third-order valence-corrected chi connectivity index (χ3v) is 2.44. The first-order valence-corrected chi connectivity index (χ1v) is 6.50. The minimum atomic E-state index is -4.64. The van der Waals surface area contributed by atoms with Crippen molar-refractivity contribution in [1.82, 2.24) is 0 Å². The molecule has 1 rings (SSSR count). The number of hydrogen-bond acceptors (Lipinski definition) is 2. The van der Waals surface area contributed by atoms with E-state index in [0.29, 0.717) is 0 Å². The Bertz CT molecular complexity index is 116. The Morgan fingerprint density at radius 3 is 1.83 bits per heavy atom. The van der Waals surface area contributed by atoms with Gasteiger partial charge in [0.1, 0.15) is 0 Å². The number of hydrogen-bond donors (Lipinski definition) is 3. The van der Waals surface area contributed by atoms with E-state index in [-0.39, 0.29) is 39.3 Å². The Balaban J connectivity index is 0. The molecule has 1 saturated heterocycles. The Kier molecular flexibility index (Phi) is 11.6. The fourth-order valence-electron chi connectivity index (χ4n) is 0.687. The Labute approximate surface area is 96.0 Å². The van der Waals surface area contributed by atoms with E-state index in [1.807, 2.05) is 0 Å². The van der Waals surface area contributed by atoms with Crippen LogP contribution in [0.3, 0.4) is 0 Å². The molecule has 1 aliphatic heterocycles. The summed E-state index contributed by atoms with van der Waals surface area (Å²) in [5.74, 6) is 0. The molecule has 70 valence electrons. The third kappa shape index (κ3) is 22.5. The molecule has 0 radical (unpaired) electrons. The van der Waals surface area contributed by atoms with E-state index in [0.717, 1.165) is 6.61 Å². The Morgan fingerprint density at radius 1 is 1.25 bits per heavy atom. The SMILES string of the molecule is C1CC[SiH2]OC1.O=P(O)(O)O.[NaH]. The van der Waals surface area contributed by atoms with Gasteiger partial charge in [0.05, 0.1) is 0 Å². The maximum absolute atomic E-state index is 8.88. The summed E-state index contributed by atoms with van der Waals surface area (Å²) in [4.78, 5) is 21.6. The van der Waals surface area contributed by atoms with Crippen LogP contribution in [-0.2, 0) is 8.99 Å². The summed E-state index contributed by atoms with van der Waals surface area (Å²) in [6.45, 7) is 1.06. The van der Waals surface area contributed by atoms with Crippen molar-refractivity contribution in [2.24, 2.45) is 0 Å². The summed E-state index contributed by atoms with van der Waals surface area (Å²) >= 11 is 0. The maximum atomic E-state index is 8.88. The summed E-state index contributed by atoms with van der Waals surface area (Å²) < 4.78 is 14.1. The van der Waals surface area contributed by atoms with E-state index in [9.17, 15) is 0 Å². The van der Waals surface area contributed by atoms with Gasteiger partial charge in [-0.25, -0.2) is 4.57 Å². The average Bonchev–Trinajstić information content (AvgIpc) is 1.88. The first-order valence-electron chi connectivity index (χ1n) is 3.36. The van der Waals surface area contributed by atoms with Gasteiger partial charge in [-0.15, -0.1) is 0 Å². The van der Waals surface area contributed by atoms with Crippen molar-refractivity contribution < 1.29 is 23.7 Å². The summed E-state index contributed by atoms with van der Waals surface area (Å²) in [5, 5.41) is 0. The van der Waals surface area contributed by atoms with Gasteiger partial charge in [0.2, 0.25) is 0 Å². The number of phosphoric acid groups is 1. The molecular weight excluding hydrogens is 210 g/mol. The van der Waals surface area contributed by atoms with Crippen molar-refractivity contribution >= 4 is 47.1 Å². The zero-order chi connectivity index (χ0) is 8.74.